The summed E-state index contributed by atoms with van der Waals surface area (Å²) >= 11 is 0. The SMILES string of the molecule is CCC(C)C(C)N1CCNCC1=O. The predicted molar refractivity (Wildman–Crippen MR) is 53.5 cm³/mol. The fourth-order valence-corrected chi connectivity index (χ4v) is 1.70. The second-order valence-electron chi connectivity index (χ2n) is 3.89. The highest BCUT2D eigenvalue weighted by atomic mass is 16.2. The number of rotatable bonds is 3. The lowest BCUT2D eigenvalue weighted by Crippen LogP contribution is -2.53. The highest BCUT2D eigenvalue weighted by Gasteiger charge is 2.25. The van der Waals surface area contributed by atoms with E-state index in [0.29, 0.717) is 18.5 Å². The van der Waals surface area contributed by atoms with Gasteiger partial charge in [-0.05, 0) is 12.8 Å². The monoisotopic (exact) mass is 184 g/mol. The summed E-state index contributed by atoms with van der Waals surface area (Å²) in [5.74, 6) is 0.848. The van der Waals surface area contributed by atoms with Crippen LogP contribution >= 0.6 is 0 Å². The maximum atomic E-state index is 11.5. The molecule has 1 amide bonds. The van der Waals surface area contributed by atoms with Gasteiger partial charge in [0.1, 0.15) is 0 Å². The molecule has 0 bridgehead atoms. The topological polar surface area (TPSA) is 32.3 Å². The fourth-order valence-electron chi connectivity index (χ4n) is 1.70. The summed E-state index contributed by atoms with van der Waals surface area (Å²) in [6.45, 7) is 8.85. The summed E-state index contributed by atoms with van der Waals surface area (Å²) in [5, 5.41) is 3.09. The molecule has 3 heteroatoms. The van der Waals surface area contributed by atoms with Crippen molar-refractivity contribution in [1.82, 2.24) is 10.2 Å². The van der Waals surface area contributed by atoms with Crippen molar-refractivity contribution in [1.29, 1.82) is 0 Å². The van der Waals surface area contributed by atoms with Gasteiger partial charge in [0.25, 0.3) is 0 Å². The molecule has 76 valence electrons. The Morgan fingerprint density at radius 2 is 2.23 bits per heavy atom. The molecule has 1 aliphatic rings. The first kappa shape index (κ1) is 10.5. The average molecular weight is 184 g/mol. The molecule has 2 unspecified atom stereocenters. The van der Waals surface area contributed by atoms with Crippen LogP contribution in [0, 0.1) is 5.92 Å². The molecule has 2 atom stereocenters. The Morgan fingerprint density at radius 3 is 2.77 bits per heavy atom. The third-order valence-electron chi connectivity index (χ3n) is 3.09. The van der Waals surface area contributed by atoms with Crippen LogP contribution in [0.5, 0.6) is 0 Å². The van der Waals surface area contributed by atoms with Crippen LogP contribution in [0.25, 0.3) is 0 Å². The molecule has 1 fully saturated rings. The van der Waals surface area contributed by atoms with Crippen LogP contribution in [0.3, 0.4) is 0 Å². The smallest absolute Gasteiger partial charge is 0.236 e. The molecule has 0 radical (unpaired) electrons. The second-order valence-corrected chi connectivity index (χ2v) is 3.89. The third-order valence-corrected chi connectivity index (χ3v) is 3.09. The van der Waals surface area contributed by atoms with Gasteiger partial charge in [-0.1, -0.05) is 20.3 Å². The minimum Gasteiger partial charge on any atom is -0.337 e. The number of nitrogens with zero attached hydrogens (tertiary/aromatic N) is 1. The molecule has 0 aromatic heterocycles. The number of nitrogens with one attached hydrogen (secondary N) is 1. The van der Waals surface area contributed by atoms with E-state index in [9.17, 15) is 4.79 Å². The quantitative estimate of drug-likeness (QED) is 0.705. The van der Waals surface area contributed by atoms with Crippen LogP contribution in [-0.2, 0) is 4.79 Å². The minimum atomic E-state index is 0.249. The van der Waals surface area contributed by atoms with Gasteiger partial charge in [-0.3, -0.25) is 4.79 Å². The van der Waals surface area contributed by atoms with Crippen LogP contribution < -0.4 is 5.32 Å². The summed E-state index contributed by atoms with van der Waals surface area (Å²) in [6.07, 6.45) is 1.14. The number of amides is 1. The molecule has 0 aromatic rings. The van der Waals surface area contributed by atoms with Gasteiger partial charge in [-0.2, -0.15) is 0 Å². The standard InChI is InChI=1S/C10H20N2O/c1-4-8(2)9(3)12-6-5-11-7-10(12)13/h8-9,11H,4-7H2,1-3H3. The lowest BCUT2D eigenvalue weighted by molar-refractivity contribution is -0.135. The number of carbonyl (C=O) groups is 1. The third kappa shape index (κ3) is 2.44. The summed E-state index contributed by atoms with van der Waals surface area (Å²) in [6, 6.07) is 0.389. The van der Waals surface area contributed by atoms with E-state index >= 15 is 0 Å². The maximum absolute atomic E-state index is 11.5. The fraction of sp³-hybridized carbons (Fsp3) is 0.900. The lowest BCUT2D eigenvalue weighted by Gasteiger charge is -2.35. The van der Waals surface area contributed by atoms with Gasteiger partial charge in [0.2, 0.25) is 5.91 Å². The van der Waals surface area contributed by atoms with Crippen LogP contribution in [0.15, 0.2) is 0 Å². The van der Waals surface area contributed by atoms with E-state index in [1.807, 2.05) is 4.90 Å². The zero-order valence-corrected chi connectivity index (χ0v) is 8.84. The lowest BCUT2D eigenvalue weighted by atomic mass is 9.99. The number of carbonyl (C=O) groups excluding carboxylic acids is 1. The van der Waals surface area contributed by atoms with Crippen LogP contribution in [0.2, 0.25) is 0 Å². The maximum Gasteiger partial charge on any atom is 0.236 e. The highest BCUT2D eigenvalue weighted by molar-refractivity contribution is 5.79. The number of hydrogen-bond donors (Lipinski definition) is 1. The predicted octanol–water partition coefficient (Wildman–Crippen LogP) is 0.853. The molecule has 0 aliphatic carbocycles. The van der Waals surface area contributed by atoms with E-state index in [4.69, 9.17) is 0 Å². The molecule has 1 heterocycles. The van der Waals surface area contributed by atoms with Gasteiger partial charge >= 0.3 is 0 Å². The molecule has 3 nitrogen and oxygen atoms in total. The molecule has 0 aromatic carbocycles. The zero-order valence-electron chi connectivity index (χ0n) is 8.84. The molecule has 0 saturated carbocycles. The van der Waals surface area contributed by atoms with Gasteiger partial charge in [-0.25, -0.2) is 0 Å². The van der Waals surface area contributed by atoms with E-state index in [0.717, 1.165) is 19.5 Å². The Labute approximate surface area is 80.5 Å². The van der Waals surface area contributed by atoms with E-state index in [-0.39, 0.29) is 5.91 Å². The van der Waals surface area contributed by atoms with Gasteiger partial charge in [0.05, 0.1) is 6.54 Å². The Kier molecular flexibility index (Phi) is 3.72. The molecule has 1 rings (SSSR count). The van der Waals surface area contributed by atoms with Crippen molar-refractivity contribution in [3.63, 3.8) is 0 Å². The summed E-state index contributed by atoms with van der Waals surface area (Å²) in [5.41, 5.74) is 0. The zero-order chi connectivity index (χ0) is 9.84. The van der Waals surface area contributed by atoms with E-state index in [1.165, 1.54) is 0 Å². The summed E-state index contributed by atoms with van der Waals surface area (Å²) in [4.78, 5) is 13.5. The molecular weight excluding hydrogens is 164 g/mol. The minimum absolute atomic E-state index is 0.249. The molecule has 1 aliphatic heterocycles. The first-order valence-corrected chi connectivity index (χ1v) is 5.17. The first-order valence-electron chi connectivity index (χ1n) is 5.17. The largest absolute Gasteiger partial charge is 0.337 e. The Balaban J connectivity index is 2.53. The van der Waals surface area contributed by atoms with Gasteiger partial charge in [0, 0.05) is 19.1 Å². The highest BCUT2D eigenvalue weighted by Crippen LogP contribution is 2.14. The molecular formula is C10H20N2O. The van der Waals surface area contributed by atoms with Crippen molar-refractivity contribution in [3.8, 4) is 0 Å². The second kappa shape index (κ2) is 4.61. The first-order chi connectivity index (χ1) is 6.16. The Morgan fingerprint density at radius 1 is 1.54 bits per heavy atom. The normalized spacial score (nSPS) is 23.0. The van der Waals surface area contributed by atoms with Crippen molar-refractivity contribution in [3.05, 3.63) is 0 Å². The van der Waals surface area contributed by atoms with E-state index < -0.39 is 0 Å². The molecule has 1 N–H and O–H groups in total. The molecule has 0 spiro atoms. The molecule has 13 heavy (non-hydrogen) atoms. The van der Waals surface area contributed by atoms with E-state index in [2.05, 4.69) is 26.1 Å². The van der Waals surface area contributed by atoms with E-state index in [1.54, 1.807) is 0 Å². The van der Waals surface area contributed by atoms with Crippen molar-refractivity contribution in [2.24, 2.45) is 5.92 Å². The Bertz CT molecular complexity index is 182. The summed E-state index contributed by atoms with van der Waals surface area (Å²) < 4.78 is 0. The van der Waals surface area contributed by atoms with Gasteiger partial charge in [0.15, 0.2) is 0 Å². The Hall–Kier alpha value is -0.570. The van der Waals surface area contributed by atoms with Gasteiger partial charge in [-0.15, -0.1) is 0 Å². The summed E-state index contributed by atoms with van der Waals surface area (Å²) in [7, 11) is 0. The van der Waals surface area contributed by atoms with Gasteiger partial charge < -0.3 is 10.2 Å². The number of hydrogen-bond acceptors (Lipinski definition) is 2. The van der Waals surface area contributed by atoms with Crippen molar-refractivity contribution in [2.75, 3.05) is 19.6 Å². The van der Waals surface area contributed by atoms with Crippen molar-refractivity contribution < 1.29 is 4.79 Å². The van der Waals surface area contributed by atoms with Crippen molar-refractivity contribution >= 4 is 5.91 Å². The average Bonchev–Trinajstić information content (AvgIpc) is 2.16. The van der Waals surface area contributed by atoms with Crippen LogP contribution in [0.1, 0.15) is 27.2 Å². The molecule has 1 saturated heterocycles. The van der Waals surface area contributed by atoms with Crippen LogP contribution in [-0.4, -0.2) is 36.5 Å². The van der Waals surface area contributed by atoms with Crippen LogP contribution in [0.4, 0.5) is 0 Å². The number of piperazine rings is 1. The van der Waals surface area contributed by atoms with Crippen molar-refractivity contribution in [2.45, 2.75) is 33.2 Å².